The number of halogens is 1. The Morgan fingerprint density at radius 2 is 1.94 bits per heavy atom. The molecule has 0 bridgehead atoms. The first-order valence-corrected chi connectivity index (χ1v) is 7.23. The monoisotopic (exact) mass is 309 g/mol. The number of nitrogens with one attached hydrogen (secondary N) is 1. The molecule has 0 saturated carbocycles. The van der Waals surface area contributed by atoms with Gasteiger partial charge in [-0.15, -0.1) is 0 Å². The van der Waals surface area contributed by atoms with Gasteiger partial charge in [-0.3, -0.25) is 4.79 Å². The molecule has 0 aliphatic heterocycles. The van der Waals surface area contributed by atoms with E-state index in [1.54, 1.807) is 6.08 Å². The molecular formula is C15H20BrNO. The molecule has 0 spiro atoms. The zero-order valence-electron chi connectivity index (χ0n) is 10.8. The molecule has 0 aliphatic rings. The number of benzene rings is 1. The standard InChI is InChI=1S/C15H20BrNO/c1-2-3-4-5-12-17-15(18)11-8-13-6-9-14(16)10-7-13/h6-11H,2-5,12H2,1H3,(H,17,18). The van der Waals surface area contributed by atoms with Gasteiger partial charge in [0, 0.05) is 17.1 Å². The second kappa shape index (κ2) is 8.92. The van der Waals surface area contributed by atoms with Crippen LogP contribution in [0.3, 0.4) is 0 Å². The van der Waals surface area contributed by atoms with Gasteiger partial charge in [0.25, 0.3) is 0 Å². The maximum atomic E-state index is 11.5. The van der Waals surface area contributed by atoms with Crippen molar-refractivity contribution < 1.29 is 4.79 Å². The van der Waals surface area contributed by atoms with E-state index in [0.717, 1.165) is 23.0 Å². The minimum Gasteiger partial charge on any atom is -0.353 e. The Labute approximate surface area is 118 Å². The highest BCUT2D eigenvalue weighted by molar-refractivity contribution is 9.10. The first-order chi connectivity index (χ1) is 8.72. The normalized spacial score (nSPS) is 10.8. The predicted octanol–water partition coefficient (Wildman–Crippen LogP) is 4.16. The fourth-order valence-electron chi connectivity index (χ4n) is 1.57. The van der Waals surface area contributed by atoms with Crippen LogP contribution in [0.25, 0.3) is 6.08 Å². The van der Waals surface area contributed by atoms with Crippen molar-refractivity contribution in [1.29, 1.82) is 0 Å². The summed E-state index contributed by atoms with van der Waals surface area (Å²) in [6, 6.07) is 7.86. The summed E-state index contributed by atoms with van der Waals surface area (Å²) in [6.45, 7) is 2.95. The van der Waals surface area contributed by atoms with Crippen LogP contribution in [0.4, 0.5) is 0 Å². The Kier molecular flexibility index (Phi) is 7.42. The molecule has 0 aliphatic carbocycles. The molecule has 2 nitrogen and oxygen atoms in total. The van der Waals surface area contributed by atoms with Crippen molar-refractivity contribution in [2.45, 2.75) is 32.6 Å². The average molecular weight is 310 g/mol. The van der Waals surface area contributed by atoms with E-state index in [-0.39, 0.29) is 5.91 Å². The third kappa shape index (κ3) is 6.60. The molecule has 0 aromatic heterocycles. The predicted molar refractivity (Wildman–Crippen MR) is 80.3 cm³/mol. The molecule has 98 valence electrons. The van der Waals surface area contributed by atoms with Crippen molar-refractivity contribution in [1.82, 2.24) is 5.32 Å². The van der Waals surface area contributed by atoms with Crippen LogP contribution in [0, 0.1) is 0 Å². The molecule has 0 atom stereocenters. The lowest BCUT2D eigenvalue weighted by molar-refractivity contribution is -0.116. The Morgan fingerprint density at radius 3 is 2.61 bits per heavy atom. The van der Waals surface area contributed by atoms with E-state index in [1.807, 2.05) is 30.3 Å². The van der Waals surface area contributed by atoms with Crippen LogP contribution in [0.15, 0.2) is 34.8 Å². The van der Waals surface area contributed by atoms with Crippen molar-refractivity contribution in [2.24, 2.45) is 0 Å². The van der Waals surface area contributed by atoms with Crippen molar-refractivity contribution in [3.63, 3.8) is 0 Å². The van der Waals surface area contributed by atoms with Crippen molar-refractivity contribution in [3.8, 4) is 0 Å². The molecule has 18 heavy (non-hydrogen) atoms. The lowest BCUT2D eigenvalue weighted by Crippen LogP contribution is -2.21. The highest BCUT2D eigenvalue weighted by Crippen LogP contribution is 2.11. The van der Waals surface area contributed by atoms with Crippen LogP contribution < -0.4 is 5.32 Å². The summed E-state index contributed by atoms with van der Waals surface area (Å²) in [5.41, 5.74) is 1.03. The Hall–Kier alpha value is -1.09. The first kappa shape index (κ1) is 15.0. The van der Waals surface area contributed by atoms with Crippen LogP contribution in [-0.4, -0.2) is 12.5 Å². The van der Waals surface area contributed by atoms with E-state index in [4.69, 9.17) is 0 Å². The van der Waals surface area contributed by atoms with Gasteiger partial charge in [0.1, 0.15) is 0 Å². The Morgan fingerprint density at radius 1 is 1.22 bits per heavy atom. The molecular weight excluding hydrogens is 290 g/mol. The zero-order chi connectivity index (χ0) is 13.2. The number of hydrogen-bond acceptors (Lipinski definition) is 1. The molecule has 0 fully saturated rings. The number of amides is 1. The quantitative estimate of drug-likeness (QED) is 0.594. The van der Waals surface area contributed by atoms with Gasteiger partial charge in [-0.25, -0.2) is 0 Å². The van der Waals surface area contributed by atoms with E-state index in [9.17, 15) is 4.79 Å². The van der Waals surface area contributed by atoms with Crippen molar-refractivity contribution in [3.05, 3.63) is 40.4 Å². The van der Waals surface area contributed by atoms with Crippen LogP contribution >= 0.6 is 15.9 Å². The summed E-state index contributed by atoms with van der Waals surface area (Å²) in [5, 5.41) is 2.89. The molecule has 1 aromatic carbocycles. The van der Waals surface area contributed by atoms with Gasteiger partial charge in [-0.05, 0) is 30.2 Å². The first-order valence-electron chi connectivity index (χ1n) is 6.44. The molecule has 1 amide bonds. The summed E-state index contributed by atoms with van der Waals surface area (Å²) < 4.78 is 1.04. The number of hydrogen-bond donors (Lipinski definition) is 1. The van der Waals surface area contributed by atoms with Gasteiger partial charge in [0.15, 0.2) is 0 Å². The number of unbranched alkanes of at least 4 members (excludes halogenated alkanes) is 3. The minimum atomic E-state index is -0.0191. The van der Waals surface area contributed by atoms with Crippen molar-refractivity contribution >= 4 is 27.9 Å². The van der Waals surface area contributed by atoms with Crippen LogP contribution in [0.5, 0.6) is 0 Å². The maximum Gasteiger partial charge on any atom is 0.243 e. The van der Waals surface area contributed by atoms with Gasteiger partial charge >= 0.3 is 0 Å². The fourth-order valence-corrected chi connectivity index (χ4v) is 1.83. The van der Waals surface area contributed by atoms with E-state index in [0.29, 0.717) is 0 Å². The molecule has 0 unspecified atom stereocenters. The zero-order valence-corrected chi connectivity index (χ0v) is 12.4. The SMILES string of the molecule is CCCCCCNC(=O)C=Cc1ccc(Br)cc1. The third-order valence-electron chi connectivity index (χ3n) is 2.63. The summed E-state index contributed by atoms with van der Waals surface area (Å²) in [5.74, 6) is -0.0191. The Bertz CT molecular complexity index is 384. The van der Waals surface area contributed by atoms with Crippen LogP contribution in [0.2, 0.25) is 0 Å². The summed E-state index contributed by atoms with van der Waals surface area (Å²) in [6.07, 6.45) is 8.12. The van der Waals surface area contributed by atoms with E-state index in [1.165, 1.54) is 19.3 Å². The molecule has 1 N–H and O–H groups in total. The largest absolute Gasteiger partial charge is 0.353 e. The van der Waals surface area contributed by atoms with Gasteiger partial charge < -0.3 is 5.32 Å². The molecule has 3 heteroatoms. The smallest absolute Gasteiger partial charge is 0.243 e. The van der Waals surface area contributed by atoms with Gasteiger partial charge in [-0.2, -0.15) is 0 Å². The number of carbonyl (C=O) groups excluding carboxylic acids is 1. The molecule has 1 aromatic rings. The Balaban J connectivity index is 2.25. The van der Waals surface area contributed by atoms with E-state index >= 15 is 0 Å². The van der Waals surface area contributed by atoms with Crippen LogP contribution in [0.1, 0.15) is 38.2 Å². The molecule has 0 heterocycles. The lowest BCUT2D eigenvalue weighted by Gasteiger charge is -2.01. The van der Waals surface area contributed by atoms with E-state index < -0.39 is 0 Å². The lowest BCUT2D eigenvalue weighted by atomic mass is 10.2. The molecule has 0 saturated heterocycles. The maximum absolute atomic E-state index is 11.5. The second-order valence-corrected chi connectivity index (χ2v) is 5.15. The summed E-state index contributed by atoms with van der Waals surface area (Å²) >= 11 is 3.38. The van der Waals surface area contributed by atoms with Gasteiger partial charge in [-0.1, -0.05) is 54.2 Å². The average Bonchev–Trinajstić information content (AvgIpc) is 2.38. The van der Waals surface area contributed by atoms with Gasteiger partial charge in [0.2, 0.25) is 5.91 Å². The van der Waals surface area contributed by atoms with Crippen LogP contribution in [-0.2, 0) is 4.79 Å². The highest BCUT2D eigenvalue weighted by atomic mass is 79.9. The topological polar surface area (TPSA) is 29.1 Å². The minimum absolute atomic E-state index is 0.0191. The fraction of sp³-hybridized carbons (Fsp3) is 0.400. The molecule has 1 rings (SSSR count). The highest BCUT2D eigenvalue weighted by Gasteiger charge is 1.94. The van der Waals surface area contributed by atoms with Gasteiger partial charge in [0.05, 0.1) is 0 Å². The number of rotatable bonds is 7. The second-order valence-electron chi connectivity index (χ2n) is 4.24. The van der Waals surface area contributed by atoms with E-state index in [2.05, 4.69) is 28.2 Å². The van der Waals surface area contributed by atoms with Crippen molar-refractivity contribution in [2.75, 3.05) is 6.54 Å². The summed E-state index contributed by atoms with van der Waals surface area (Å²) in [4.78, 5) is 11.5. The third-order valence-corrected chi connectivity index (χ3v) is 3.16. The molecule has 0 radical (unpaired) electrons. The number of carbonyl (C=O) groups is 1. The summed E-state index contributed by atoms with van der Waals surface area (Å²) in [7, 11) is 0.